The van der Waals surface area contributed by atoms with E-state index in [1.165, 1.54) is 4.90 Å². The Balaban J connectivity index is 2.92. The van der Waals surface area contributed by atoms with Gasteiger partial charge >= 0.3 is 5.97 Å². The summed E-state index contributed by atoms with van der Waals surface area (Å²) in [6, 6.07) is 5.73. The first-order chi connectivity index (χ1) is 7.91. The van der Waals surface area contributed by atoms with E-state index in [1.54, 1.807) is 7.05 Å². The van der Waals surface area contributed by atoms with Crippen molar-refractivity contribution in [2.75, 3.05) is 11.9 Å². The molecule has 0 saturated carbocycles. The van der Waals surface area contributed by atoms with E-state index in [0.29, 0.717) is 0 Å². The van der Waals surface area contributed by atoms with Crippen molar-refractivity contribution in [2.24, 2.45) is 0 Å². The van der Waals surface area contributed by atoms with Crippen molar-refractivity contribution >= 4 is 17.6 Å². The number of amides is 1. The second-order valence-electron chi connectivity index (χ2n) is 3.86. The number of anilines is 1. The first-order valence-electron chi connectivity index (χ1n) is 5.17. The summed E-state index contributed by atoms with van der Waals surface area (Å²) in [5, 5.41) is 8.45. The van der Waals surface area contributed by atoms with Crippen LogP contribution in [0.1, 0.15) is 11.1 Å². The predicted molar refractivity (Wildman–Crippen MR) is 66.1 cm³/mol. The van der Waals surface area contributed by atoms with E-state index in [2.05, 4.69) is 0 Å². The van der Waals surface area contributed by atoms with Crippen LogP contribution in [-0.2, 0) is 9.59 Å². The van der Waals surface area contributed by atoms with E-state index in [4.69, 9.17) is 5.11 Å². The summed E-state index contributed by atoms with van der Waals surface area (Å²) in [6.45, 7) is 3.88. The Hall–Kier alpha value is -2.10. The molecule has 90 valence electrons. The number of carbonyl (C=O) groups is 2. The van der Waals surface area contributed by atoms with Crippen LogP contribution in [0.2, 0.25) is 0 Å². The lowest BCUT2D eigenvalue weighted by Gasteiger charge is -2.18. The van der Waals surface area contributed by atoms with Gasteiger partial charge in [0.1, 0.15) is 0 Å². The number of carboxylic acids is 1. The molecule has 0 bridgehead atoms. The third kappa shape index (κ3) is 3.45. The summed E-state index contributed by atoms with van der Waals surface area (Å²) >= 11 is 0. The number of nitrogens with zero attached hydrogens (tertiary/aromatic N) is 1. The molecular formula is C13H15NO3. The number of carbonyl (C=O) groups excluding carboxylic acids is 1. The normalized spacial score (nSPS) is 10.5. The predicted octanol–water partition coefficient (Wildman–Crippen LogP) is 1.91. The Kier molecular flexibility index (Phi) is 4.04. The number of benzene rings is 1. The molecule has 1 aromatic carbocycles. The van der Waals surface area contributed by atoms with Gasteiger partial charge in [-0.2, -0.15) is 0 Å². The average Bonchev–Trinajstić information content (AvgIpc) is 2.25. The van der Waals surface area contributed by atoms with Gasteiger partial charge in [0.15, 0.2) is 0 Å². The van der Waals surface area contributed by atoms with Crippen LogP contribution in [0.3, 0.4) is 0 Å². The van der Waals surface area contributed by atoms with Crippen molar-refractivity contribution < 1.29 is 14.7 Å². The van der Waals surface area contributed by atoms with Crippen molar-refractivity contribution in [1.29, 1.82) is 0 Å². The molecule has 0 aliphatic rings. The van der Waals surface area contributed by atoms with Gasteiger partial charge in [-0.1, -0.05) is 17.7 Å². The third-order valence-electron chi connectivity index (χ3n) is 2.41. The molecule has 4 heteroatoms. The largest absolute Gasteiger partial charge is 0.478 e. The van der Waals surface area contributed by atoms with Crippen molar-refractivity contribution in [2.45, 2.75) is 13.8 Å². The molecule has 1 rings (SSSR count). The molecule has 0 radical (unpaired) electrons. The maximum atomic E-state index is 11.7. The molecule has 1 N–H and O–H groups in total. The summed E-state index contributed by atoms with van der Waals surface area (Å²) in [5.74, 6) is -1.49. The van der Waals surface area contributed by atoms with E-state index in [0.717, 1.165) is 29.0 Å². The molecule has 0 heterocycles. The minimum absolute atomic E-state index is 0.362. The van der Waals surface area contributed by atoms with Crippen LogP contribution >= 0.6 is 0 Å². The molecule has 0 aliphatic carbocycles. The molecule has 0 aromatic heterocycles. The third-order valence-corrected chi connectivity index (χ3v) is 2.41. The SMILES string of the molecule is Cc1ccc(N(C)C(=O)C=CC(=O)O)c(C)c1. The van der Waals surface area contributed by atoms with Gasteiger partial charge < -0.3 is 10.0 Å². The van der Waals surface area contributed by atoms with Crippen LogP contribution < -0.4 is 4.90 Å². The maximum Gasteiger partial charge on any atom is 0.328 e. The van der Waals surface area contributed by atoms with E-state index >= 15 is 0 Å². The van der Waals surface area contributed by atoms with Gasteiger partial charge in [0.25, 0.3) is 5.91 Å². The van der Waals surface area contributed by atoms with Crippen molar-refractivity contribution in [3.8, 4) is 0 Å². The van der Waals surface area contributed by atoms with Crippen LogP contribution in [0.15, 0.2) is 30.4 Å². The number of aliphatic carboxylic acids is 1. The highest BCUT2D eigenvalue weighted by Gasteiger charge is 2.10. The number of aryl methyl sites for hydroxylation is 2. The smallest absolute Gasteiger partial charge is 0.328 e. The van der Waals surface area contributed by atoms with Crippen LogP contribution in [0.4, 0.5) is 5.69 Å². The summed E-state index contributed by atoms with van der Waals surface area (Å²) in [4.78, 5) is 23.4. The molecule has 0 atom stereocenters. The van der Waals surface area contributed by atoms with Gasteiger partial charge in [0, 0.05) is 24.9 Å². The number of hydrogen-bond acceptors (Lipinski definition) is 2. The quantitative estimate of drug-likeness (QED) is 0.811. The molecule has 0 spiro atoms. The number of likely N-dealkylation sites (N-methyl/N-ethyl adjacent to an activating group) is 1. The van der Waals surface area contributed by atoms with Crippen LogP contribution in [0.5, 0.6) is 0 Å². The summed E-state index contributed by atoms with van der Waals surface area (Å²) in [7, 11) is 1.62. The summed E-state index contributed by atoms with van der Waals surface area (Å²) in [6.07, 6.45) is 1.88. The zero-order valence-corrected chi connectivity index (χ0v) is 10.1. The zero-order chi connectivity index (χ0) is 13.0. The molecule has 1 aromatic rings. The van der Waals surface area contributed by atoms with Crippen molar-refractivity contribution in [1.82, 2.24) is 0 Å². The Labute approximate surface area is 100 Å². The van der Waals surface area contributed by atoms with Gasteiger partial charge in [-0.05, 0) is 25.5 Å². The number of carboxylic acid groups (broad SMARTS) is 1. The van der Waals surface area contributed by atoms with Gasteiger partial charge in [0.2, 0.25) is 0 Å². The van der Waals surface area contributed by atoms with Crippen LogP contribution in [0, 0.1) is 13.8 Å². The minimum Gasteiger partial charge on any atom is -0.478 e. The minimum atomic E-state index is -1.13. The fraction of sp³-hybridized carbons (Fsp3) is 0.231. The highest BCUT2D eigenvalue weighted by Crippen LogP contribution is 2.20. The Morgan fingerprint density at radius 2 is 1.88 bits per heavy atom. The lowest BCUT2D eigenvalue weighted by Crippen LogP contribution is -2.25. The average molecular weight is 233 g/mol. The molecule has 0 aliphatic heterocycles. The van der Waals surface area contributed by atoms with Crippen LogP contribution in [-0.4, -0.2) is 24.0 Å². The second kappa shape index (κ2) is 5.30. The number of hydrogen-bond donors (Lipinski definition) is 1. The fourth-order valence-corrected chi connectivity index (χ4v) is 1.55. The molecule has 17 heavy (non-hydrogen) atoms. The van der Waals surface area contributed by atoms with E-state index in [-0.39, 0.29) is 5.91 Å². The topological polar surface area (TPSA) is 57.6 Å². The molecule has 4 nitrogen and oxygen atoms in total. The zero-order valence-electron chi connectivity index (χ0n) is 10.1. The molecular weight excluding hydrogens is 218 g/mol. The van der Waals surface area contributed by atoms with Crippen LogP contribution in [0.25, 0.3) is 0 Å². The van der Waals surface area contributed by atoms with E-state index in [9.17, 15) is 9.59 Å². The van der Waals surface area contributed by atoms with Gasteiger partial charge in [-0.15, -0.1) is 0 Å². The highest BCUT2D eigenvalue weighted by atomic mass is 16.4. The van der Waals surface area contributed by atoms with Crippen molar-refractivity contribution in [3.05, 3.63) is 41.5 Å². The monoisotopic (exact) mass is 233 g/mol. The first-order valence-corrected chi connectivity index (χ1v) is 5.17. The van der Waals surface area contributed by atoms with Gasteiger partial charge in [-0.3, -0.25) is 4.79 Å². The molecule has 0 saturated heterocycles. The highest BCUT2D eigenvalue weighted by molar-refractivity contribution is 6.04. The van der Waals surface area contributed by atoms with Crippen molar-refractivity contribution in [3.63, 3.8) is 0 Å². The second-order valence-corrected chi connectivity index (χ2v) is 3.86. The Bertz CT molecular complexity index is 478. The Morgan fingerprint density at radius 1 is 1.24 bits per heavy atom. The Morgan fingerprint density at radius 3 is 2.41 bits per heavy atom. The lowest BCUT2D eigenvalue weighted by molar-refractivity contribution is -0.131. The summed E-state index contributed by atoms with van der Waals surface area (Å²) in [5.41, 5.74) is 2.87. The van der Waals surface area contributed by atoms with E-state index in [1.807, 2.05) is 32.0 Å². The van der Waals surface area contributed by atoms with E-state index < -0.39 is 5.97 Å². The number of rotatable bonds is 3. The van der Waals surface area contributed by atoms with Gasteiger partial charge in [0.05, 0.1) is 0 Å². The lowest BCUT2D eigenvalue weighted by atomic mass is 10.1. The maximum absolute atomic E-state index is 11.7. The standard InChI is InChI=1S/C13H15NO3/c1-9-4-5-11(10(2)8-9)14(3)12(15)6-7-13(16)17/h4-8H,1-3H3,(H,16,17). The molecule has 0 unspecified atom stereocenters. The van der Waals surface area contributed by atoms with Gasteiger partial charge in [-0.25, -0.2) is 4.79 Å². The molecule has 1 amide bonds. The fourth-order valence-electron chi connectivity index (χ4n) is 1.55. The summed E-state index contributed by atoms with van der Waals surface area (Å²) < 4.78 is 0. The first kappa shape index (κ1) is 13.0. The molecule has 0 fully saturated rings.